The molecular formula is C15H24N2O2S. The van der Waals surface area contributed by atoms with Crippen LogP contribution in [0.4, 0.5) is 5.69 Å². The molecule has 5 heteroatoms. The van der Waals surface area contributed by atoms with Gasteiger partial charge < -0.3 is 5.32 Å². The molecule has 2 rings (SSSR count). The van der Waals surface area contributed by atoms with Gasteiger partial charge in [0.25, 0.3) is 0 Å². The average Bonchev–Trinajstić information content (AvgIpc) is 2.43. The molecule has 20 heavy (non-hydrogen) atoms. The minimum Gasteiger partial charge on any atom is -0.387 e. The van der Waals surface area contributed by atoms with Gasteiger partial charge in [0.2, 0.25) is 10.0 Å². The Labute approximate surface area is 122 Å². The summed E-state index contributed by atoms with van der Waals surface area (Å²) in [6.07, 6.45) is 3.20. The van der Waals surface area contributed by atoms with Crippen LogP contribution in [0.2, 0.25) is 0 Å². The maximum absolute atomic E-state index is 12.6. The van der Waals surface area contributed by atoms with Gasteiger partial charge in [-0.2, -0.15) is 0 Å². The largest absolute Gasteiger partial charge is 0.387 e. The summed E-state index contributed by atoms with van der Waals surface area (Å²) in [6, 6.07) is 7.04. The zero-order valence-corrected chi connectivity index (χ0v) is 13.2. The third kappa shape index (κ3) is 3.15. The highest BCUT2D eigenvalue weighted by atomic mass is 32.2. The maximum atomic E-state index is 12.6. The third-order valence-corrected chi connectivity index (χ3v) is 6.01. The van der Waals surface area contributed by atoms with Crippen molar-refractivity contribution in [2.75, 3.05) is 12.4 Å². The predicted octanol–water partition coefficient (Wildman–Crippen LogP) is 2.83. The lowest BCUT2D eigenvalue weighted by molar-refractivity contribution is 0.227. The molecule has 0 bridgehead atoms. The lowest BCUT2D eigenvalue weighted by Gasteiger charge is -2.34. The maximum Gasteiger partial charge on any atom is 0.242 e. The highest BCUT2D eigenvalue weighted by Gasteiger charge is 2.31. The van der Waals surface area contributed by atoms with Gasteiger partial charge in [-0.05, 0) is 30.4 Å². The van der Waals surface area contributed by atoms with E-state index in [1.165, 1.54) is 6.42 Å². The first-order valence-corrected chi connectivity index (χ1v) is 8.73. The van der Waals surface area contributed by atoms with Crippen LogP contribution in [0, 0.1) is 11.8 Å². The molecule has 0 aromatic heterocycles. The van der Waals surface area contributed by atoms with Crippen LogP contribution in [-0.2, 0) is 10.0 Å². The molecule has 0 spiro atoms. The molecule has 1 saturated carbocycles. The van der Waals surface area contributed by atoms with Crippen molar-refractivity contribution in [2.45, 2.75) is 44.0 Å². The van der Waals surface area contributed by atoms with Gasteiger partial charge in [0.05, 0.1) is 5.69 Å². The fourth-order valence-corrected chi connectivity index (χ4v) is 4.49. The summed E-state index contributed by atoms with van der Waals surface area (Å²) in [5, 5.41) is 2.94. The molecule has 4 nitrogen and oxygen atoms in total. The molecule has 0 radical (unpaired) electrons. The zero-order valence-electron chi connectivity index (χ0n) is 12.4. The van der Waals surface area contributed by atoms with Crippen molar-refractivity contribution in [1.82, 2.24) is 4.72 Å². The van der Waals surface area contributed by atoms with E-state index in [2.05, 4.69) is 23.9 Å². The summed E-state index contributed by atoms with van der Waals surface area (Å²) < 4.78 is 28.1. The smallest absolute Gasteiger partial charge is 0.242 e. The van der Waals surface area contributed by atoms with E-state index >= 15 is 0 Å². The van der Waals surface area contributed by atoms with Crippen LogP contribution < -0.4 is 10.0 Å². The number of hydrogen-bond acceptors (Lipinski definition) is 3. The van der Waals surface area contributed by atoms with Crippen molar-refractivity contribution in [2.24, 2.45) is 11.8 Å². The Bertz CT molecular complexity index is 557. The van der Waals surface area contributed by atoms with Crippen LogP contribution in [0.15, 0.2) is 29.2 Å². The Hall–Kier alpha value is -1.07. The van der Waals surface area contributed by atoms with Crippen LogP contribution in [0.25, 0.3) is 0 Å². The number of para-hydroxylation sites is 1. The van der Waals surface area contributed by atoms with E-state index in [1.807, 2.05) is 6.07 Å². The minimum absolute atomic E-state index is 0.0358. The second kappa shape index (κ2) is 6.14. The fraction of sp³-hybridized carbons (Fsp3) is 0.600. The lowest BCUT2D eigenvalue weighted by atomic mass is 9.78. The van der Waals surface area contributed by atoms with Gasteiger partial charge in [0, 0.05) is 13.1 Å². The molecule has 0 heterocycles. The molecule has 0 saturated heterocycles. The summed E-state index contributed by atoms with van der Waals surface area (Å²) in [5.74, 6) is 0.941. The molecule has 1 aliphatic rings. The Morgan fingerprint density at radius 1 is 1.15 bits per heavy atom. The first kappa shape index (κ1) is 15.3. The van der Waals surface area contributed by atoms with Crippen molar-refractivity contribution in [3.05, 3.63) is 24.3 Å². The number of benzene rings is 1. The van der Waals surface area contributed by atoms with E-state index in [4.69, 9.17) is 0 Å². The number of anilines is 1. The number of nitrogens with one attached hydrogen (secondary N) is 2. The van der Waals surface area contributed by atoms with Gasteiger partial charge in [0.15, 0.2) is 0 Å². The molecule has 1 aromatic carbocycles. The van der Waals surface area contributed by atoms with Gasteiger partial charge in [-0.25, -0.2) is 13.1 Å². The topological polar surface area (TPSA) is 58.2 Å². The Kier molecular flexibility index (Phi) is 4.70. The van der Waals surface area contributed by atoms with Crippen LogP contribution in [-0.4, -0.2) is 21.5 Å². The van der Waals surface area contributed by atoms with Crippen molar-refractivity contribution >= 4 is 15.7 Å². The van der Waals surface area contributed by atoms with Crippen molar-refractivity contribution < 1.29 is 8.42 Å². The summed E-state index contributed by atoms with van der Waals surface area (Å²) in [6.45, 7) is 4.34. The summed E-state index contributed by atoms with van der Waals surface area (Å²) in [4.78, 5) is 0.327. The molecule has 1 aromatic rings. The van der Waals surface area contributed by atoms with E-state index in [9.17, 15) is 8.42 Å². The predicted molar refractivity (Wildman–Crippen MR) is 82.3 cm³/mol. The Morgan fingerprint density at radius 3 is 2.55 bits per heavy atom. The molecular weight excluding hydrogens is 272 g/mol. The first-order chi connectivity index (χ1) is 9.45. The van der Waals surface area contributed by atoms with Gasteiger partial charge >= 0.3 is 0 Å². The van der Waals surface area contributed by atoms with E-state index < -0.39 is 10.0 Å². The normalized spacial score (nSPS) is 27.2. The van der Waals surface area contributed by atoms with Crippen molar-refractivity contribution in [3.63, 3.8) is 0 Å². The first-order valence-electron chi connectivity index (χ1n) is 7.25. The highest BCUT2D eigenvalue weighted by molar-refractivity contribution is 7.89. The van der Waals surface area contributed by atoms with Crippen LogP contribution in [0.3, 0.4) is 0 Å². The fourth-order valence-electron chi connectivity index (χ4n) is 2.92. The molecule has 3 atom stereocenters. The molecule has 0 amide bonds. The summed E-state index contributed by atoms with van der Waals surface area (Å²) in [5.41, 5.74) is 0.636. The highest BCUT2D eigenvalue weighted by Crippen LogP contribution is 2.31. The Balaban J connectivity index is 2.23. The van der Waals surface area contributed by atoms with E-state index in [-0.39, 0.29) is 6.04 Å². The van der Waals surface area contributed by atoms with Gasteiger partial charge in [0.1, 0.15) is 4.90 Å². The van der Waals surface area contributed by atoms with E-state index in [0.29, 0.717) is 22.4 Å². The van der Waals surface area contributed by atoms with Crippen molar-refractivity contribution in [3.8, 4) is 0 Å². The number of sulfonamides is 1. The number of rotatable bonds is 4. The number of hydrogen-bond donors (Lipinski definition) is 2. The Morgan fingerprint density at radius 2 is 1.85 bits per heavy atom. The van der Waals surface area contributed by atoms with Gasteiger partial charge in [-0.1, -0.05) is 38.8 Å². The van der Waals surface area contributed by atoms with Crippen molar-refractivity contribution in [1.29, 1.82) is 0 Å². The quantitative estimate of drug-likeness (QED) is 0.898. The van der Waals surface area contributed by atoms with Crippen LogP contribution in [0.1, 0.15) is 33.1 Å². The zero-order chi connectivity index (χ0) is 14.8. The molecule has 3 unspecified atom stereocenters. The monoisotopic (exact) mass is 296 g/mol. The summed E-state index contributed by atoms with van der Waals surface area (Å²) >= 11 is 0. The minimum atomic E-state index is -3.47. The average molecular weight is 296 g/mol. The van der Waals surface area contributed by atoms with Crippen LogP contribution >= 0.6 is 0 Å². The second-order valence-corrected chi connectivity index (χ2v) is 7.42. The van der Waals surface area contributed by atoms with Gasteiger partial charge in [-0.3, -0.25) is 0 Å². The molecule has 2 N–H and O–H groups in total. The molecule has 0 aliphatic heterocycles. The van der Waals surface area contributed by atoms with E-state index in [0.717, 1.165) is 12.8 Å². The SMILES string of the molecule is CNc1ccccc1S(=O)(=O)NC1CCCC(C)C1C. The summed E-state index contributed by atoms with van der Waals surface area (Å²) in [7, 11) is -1.74. The standard InChI is InChI=1S/C15H24N2O2S/c1-11-7-6-9-13(12(11)2)17-20(18,19)15-10-5-4-8-14(15)16-3/h4-5,8,10-13,16-17H,6-7,9H2,1-3H3. The molecule has 1 aliphatic carbocycles. The lowest BCUT2D eigenvalue weighted by Crippen LogP contribution is -2.43. The van der Waals surface area contributed by atoms with Crippen LogP contribution in [0.5, 0.6) is 0 Å². The second-order valence-electron chi connectivity index (χ2n) is 5.74. The molecule has 112 valence electrons. The van der Waals surface area contributed by atoms with E-state index in [1.54, 1.807) is 25.2 Å². The molecule has 1 fully saturated rings. The van der Waals surface area contributed by atoms with Gasteiger partial charge in [-0.15, -0.1) is 0 Å². The third-order valence-electron chi connectivity index (χ3n) is 4.46.